The van der Waals surface area contributed by atoms with Crippen molar-refractivity contribution in [3.63, 3.8) is 0 Å². The molecule has 1 heterocycles. The SMILES string of the molecule is CCCCS(=O)(=O)N1CCCC1c1ccc(C(F)(F)F)cc1. The Labute approximate surface area is 129 Å². The highest BCUT2D eigenvalue weighted by molar-refractivity contribution is 7.89. The number of hydrogen-bond donors (Lipinski definition) is 0. The first kappa shape index (κ1) is 17.3. The molecule has 1 aliphatic heterocycles. The fourth-order valence-corrected chi connectivity index (χ4v) is 4.65. The molecule has 0 spiro atoms. The lowest BCUT2D eigenvalue weighted by atomic mass is 10.0. The Morgan fingerprint density at radius 3 is 2.41 bits per heavy atom. The zero-order chi connectivity index (χ0) is 16.4. The molecule has 1 atom stereocenters. The Balaban J connectivity index is 2.20. The van der Waals surface area contributed by atoms with Crippen LogP contribution in [0.5, 0.6) is 0 Å². The van der Waals surface area contributed by atoms with Gasteiger partial charge >= 0.3 is 6.18 Å². The second-order valence-corrected chi connectivity index (χ2v) is 7.60. The molecule has 1 aromatic carbocycles. The number of rotatable bonds is 5. The smallest absolute Gasteiger partial charge is 0.212 e. The lowest BCUT2D eigenvalue weighted by molar-refractivity contribution is -0.137. The fraction of sp³-hybridized carbons (Fsp3) is 0.600. The van der Waals surface area contributed by atoms with Crippen molar-refractivity contribution in [2.45, 2.75) is 44.8 Å². The number of unbranched alkanes of at least 4 members (excludes halogenated alkanes) is 1. The van der Waals surface area contributed by atoms with Gasteiger partial charge in [0.05, 0.1) is 11.3 Å². The third-order valence-electron chi connectivity index (χ3n) is 3.94. The average molecular weight is 335 g/mol. The van der Waals surface area contributed by atoms with Gasteiger partial charge in [-0.2, -0.15) is 17.5 Å². The average Bonchev–Trinajstić information content (AvgIpc) is 2.95. The van der Waals surface area contributed by atoms with E-state index in [2.05, 4.69) is 0 Å². The molecule has 0 aliphatic carbocycles. The van der Waals surface area contributed by atoms with Gasteiger partial charge in [-0.15, -0.1) is 0 Å². The summed E-state index contributed by atoms with van der Waals surface area (Å²) >= 11 is 0. The van der Waals surface area contributed by atoms with Gasteiger partial charge in [-0.3, -0.25) is 0 Å². The zero-order valence-corrected chi connectivity index (χ0v) is 13.3. The van der Waals surface area contributed by atoms with Gasteiger partial charge < -0.3 is 0 Å². The maximum absolute atomic E-state index is 12.6. The van der Waals surface area contributed by atoms with Crippen molar-refractivity contribution in [2.75, 3.05) is 12.3 Å². The molecule has 0 radical (unpaired) electrons. The Morgan fingerprint density at radius 1 is 1.23 bits per heavy atom. The van der Waals surface area contributed by atoms with E-state index in [1.165, 1.54) is 16.4 Å². The van der Waals surface area contributed by atoms with Crippen molar-refractivity contribution in [3.8, 4) is 0 Å². The minimum Gasteiger partial charge on any atom is -0.212 e. The number of benzene rings is 1. The molecule has 0 N–H and O–H groups in total. The van der Waals surface area contributed by atoms with Crippen molar-refractivity contribution in [3.05, 3.63) is 35.4 Å². The summed E-state index contributed by atoms with van der Waals surface area (Å²) in [6.45, 7) is 2.37. The zero-order valence-electron chi connectivity index (χ0n) is 12.4. The summed E-state index contributed by atoms with van der Waals surface area (Å²) in [5.41, 5.74) is -0.0831. The first-order valence-corrected chi connectivity index (χ1v) is 9.03. The van der Waals surface area contributed by atoms with E-state index in [1.54, 1.807) is 0 Å². The molecular formula is C15H20F3NO2S. The highest BCUT2D eigenvalue weighted by Crippen LogP contribution is 2.36. The minimum atomic E-state index is -4.37. The number of halogens is 3. The van der Waals surface area contributed by atoms with E-state index in [0.29, 0.717) is 24.9 Å². The summed E-state index contributed by atoms with van der Waals surface area (Å²) in [4.78, 5) is 0. The molecule has 0 amide bonds. The van der Waals surface area contributed by atoms with E-state index >= 15 is 0 Å². The van der Waals surface area contributed by atoms with E-state index in [1.807, 2.05) is 6.92 Å². The molecule has 1 saturated heterocycles. The summed E-state index contributed by atoms with van der Waals surface area (Å²) in [7, 11) is -3.35. The van der Waals surface area contributed by atoms with Gasteiger partial charge in [-0.25, -0.2) is 8.42 Å². The van der Waals surface area contributed by atoms with Crippen LogP contribution in [0.2, 0.25) is 0 Å². The van der Waals surface area contributed by atoms with Crippen molar-refractivity contribution in [1.29, 1.82) is 0 Å². The number of hydrogen-bond acceptors (Lipinski definition) is 2. The van der Waals surface area contributed by atoms with E-state index < -0.39 is 21.8 Å². The normalized spacial score (nSPS) is 20.5. The van der Waals surface area contributed by atoms with Gasteiger partial charge in [0.1, 0.15) is 0 Å². The number of nitrogens with zero attached hydrogens (tertiary/aromatic N) is 1. The maximum Gasteiger partial charge on any atom is 0.416 e. The Morgan fingerprint density at radius 2 is 1.86 bits per heavy atom. The highest BCUT2D eigenvalue weighted by atomic mass is 32.2. The van der Waals surface area contributed by atoms with Crippen LogP contribution < -0.4 is 0 Å². The summed E-state index contributed by atoms with van der Waals surface area (Å²) in [5, 5.41) is 0. The molecule has 22 heavy (non-hydrogen) atoms. The van der Waals surface area contributed by atoms with Gasteiger partial charge in [0.25, 0.3) is 0 Å². The molecule has 3 nitrogen and oxygen atoms in total. The monoisotopic (exact) mass is 335 g/mol. The molecule has 1 aromatic rings. The highest BCUT2D eigenvalue weighted by Gasteiger charge is 2.35. The molecule has 1 fully saturated rings. The molecule has 2 rings (SSSR count). The van der Waals surface area contributed by atoms with Crippen LogP contribution in [0.25, 0.3) is 0 Å². The van der Waals surface area contributed by atoms with Crippen LogP contribution in [-0.4, -0.2) is 25.0 Å². The second-order valence-electron chi connectivity index (χ2n) is 5.56. The summed E-state index contributed by atoms with van der Waals surface area (Å²) in [6.07, 6.45) is -1.61. The van der Waals surface area contributed by atoms with Crippen LogP contribution in [0.1, 0.15) is 49.8 Å². The number of sulfonamides is 1. The predicted octanol–water partition coefficient (Wildman–Crippen LogP) is 3.97. The van der Waals surface area contributed by atoms with E-state index in [4.69, 9.17) is 0 Å². The van der Waals surface area contributed by atoms with Gasteiger partial charge in [-0.05, 0) is 37.0 Å². The molecule has 1 aliphatic rings. The summed E-state index contributed by atoms with van der Waals surface area (Å²) < 4.78 is 63.9. The maximum atomic E-state index is 12.6. The molecular weight excluding hydrogens is 315 g/mol. The molecule has 0 aromatic heterocycles. The third-order valence-corrected chi connectivity index (χ3v) is 5.90. The summed E-state index contributed by atoms with van der Waals surface area (Å²) in [6, 6.07) is 4.47. The Hall–Kier alpha value is -1.08. The molecule has 124 valence electrons. The molecule has 1 unspecified atom stereocenters. The fourth-order valence-electron chi connectivity index (χ4n) is 2.74. The van der Waals surface area contributed by atoms with E-state index in [9.17, 15) is 21.6 Å². The first-order valence-electron chi connectivity index (χ1n) is 7.42. The lowest BCUT2D eigenvalue weighted by Crippen LogP contribution is -2.32. The van der Waals surface area contributed by atoms with Crippen LogP contribution in [0.4, 0.5) is 13.2 Å². The second kappa shape index (κ2) is 6.58. The first-order chi connectivity index (χ1) is 10.3. The van der Waals surface area contributed by atoms with Crippen LogP contribution in [0, 0.1) is 0 Å². The molecule has 7 heteroatoms. The number of alkyl halides is 3. The van der Waals surface area contributed by atoms with Gasteiger partial charge in [-0.1, -0.05) is 25.5 Å². The Kier molecular flexibility index (Phi) is 5.17. The third kappa shape index (κ3) is 3.81. The largest absolute Gasteiger partial charge is 0.416 e. The van der Waals surface area contributed by atoms with Crippen LogP contribution in [0.15, 0.2) is 24.3 Å². The quantitative estimate of drug-likeness (QED) is 0.816. The van der Waals surface area contributed by atoms with Crippen LogP contribution in [-0.2, 0) is 16.2 Å². The Bertz CT molecular complexity index is 596. The lowest BCUT2D eigenvalue weighted by Gasteiger charge is -2.24. The summed E-state index contributed by atoms with van der Waals surface area (Å²) in [5.74, 6) is 0.0979. The van der Waals surface area contributed by atoms with Gasteiger partial charge in [0.2, 0.25) is 10.0 Å². The molecule has 0 bridgehead atoms. The molecule has 0 saturated carbocycles. The van der Waals surface area contributed by atoms with Crippen molar-refractivity contribution >= 4 is 10.0 Å². The van der Waals surface area contributed by atoms with Gasteiger partial charge in [0.15, 0.2) is 0 Å². The van der Waals surface area contributed by atoms with Crippen LogP contribution in [0.3, 0.4) is 0 Å². The minimum absolute atomic E-state index is 0.0979. The van der Waals surface area contributed by atoms with Crippen LogP contribution >= 0.6 is 0 Å². The van der Waals surface area contributed by atoms with Crippen molar-refractivity contribution in [2.24, 2.45) is 0 Å². The van der Waals surface area contributed by atoms with Crippen molar-refractivity contribution in [1.82, 2.24) is 4.31 Å². The topological polar surface area (TPSA) is 37.4 Å². The predicted molar refractivity (Wildman–Crippen MR) is 78.8 cm³/mol. The van der Waals surface area contributed by atoms with E-state index in [0.717, 1.165) is 25.0 Å². The van der Waals surface area contributed by atoms with Crippen molar-refractivity contribution < 1.29 is 21.6 Å². The van der Waals surface area contributed by atoms with E-state index in [-0.39, 0.29) is 11.8 Å². The van der Waals surface area contributed by atoms with Gasteiger partial charge in [0, 0.05) is 12.6 Å². The standard InChI is InChI=1S/C15H20F3NO2S/c1-2-3-11-22(20,21)19-10-4-5-14(19)12-6-8-13(9-7-12)15(16,17)18/h6-9,14H,2-5,10-11H2,1H3.